The highest BCUT2D eigenvalue weighted by atomic mass is 35.5. The van der Waals surface area contributed by atoms with Gasteiger partial charge in [0.1, 0.15) is 5.82 Å². The number of aromatic nitrogens is 2. The van der Waals surface area contributed by atoms with E-state index in [1.165, 1.54) is 4.57 Å². The summed E-state index contributed by atoms with van der Waals surface area (Å²) in [5.41, 5.74) is -1.22. The molecule has 2 N–H and O–H groups in total. The summed E-state index contributed by atoms with van der Waals surface area (Å²) < 4.78 is 59.9. The van der Waals surface area contributed by atoms with Crippen LogP contribution in [0.15, 0.2) is 82.4 Å². The number of rotatable bonds is 12. The third-order valence-corrected chi connectivity index (χ3v) is 10.5. The summed E-state index contributed by atoms with van der Waals surface area (Å²) in [6.07, 6.45) is -2.64. The number of fused-ring (bicyclic) bond motifs is 2. The van der Waals surface area contributed by atoms with Gasteiger partial charge in [-0.3, -0.25) is 23.6 Å². The molecule has 6 rings (SSSR count). The molecule has 0 bridgehead atoms. The molecule has 1 aromatic heterocycles. The quantitative estimate of drug-likeness (QED) is 0.127. The number of likely N-dealkylation sites (tertiary alicyclic amines) is 1. The average molecular weight is 727 g/mol. The predicted molar refractivity (Wildman–Crippen MR) is 185 cm³/mol. The van der Waals surface area contributed by atoms with Crippen molar-refractivity contribution in [2.45, 2.75) is 75.8 Å². The molecule has 0 amide bonds. The smallest absolute Gasteiger partial charge is 0.416 e. The minimum absolute atomic E-state index is 0.0822. The van der Waals surface area contributed by atoms with Gasteiger partial charge in [-0.2, -0.15) is 13.2 Å². The molecule has 4 aromatic rings. The number of nitrogens with one attached hydrogen (secondary N) is 1. The van der Waals surface area contributed by atoms with Crippen LogP contribution in [0, 0.1) is 5.82 Å². The molecule has 1 aliphatic carbocycles. The van der Waals surface area contributed by atoms with E-state index in [-0.39, 0.29) is 19.5 Å². The van der Waals surface area contributed by atoms with Crippen LogP contribution in [0.4, 0.5) is 17.6 Å². The molecule has 8 nitrogen and oxygen atoms in total. The zero-order valence-corrected chi connectivity index (χ0v) is 28.7. The van der Waals surface area contributed by atoms with Crippen molar-refractivity contribution in [2.24, 2.45) is 0 Å². The number of piperidine rings is 1. The molecule has 1 saturated heterocycles. The van der Waals surface area contributed by atoms with Crippen molar-refractivity contribution >= 4 is 17.6 Å². The number of carbonyl (C=O) groups is 1. The number of nitrogens with zero attached hydrogens (tertiary/aromatic N) is 3. The van der Waals surface area contributed by atoms with Gasteiger partial charge in [0.2, 0.25) is 0 Å². The Morgan fingerprint density at radius 1 is 0.941 bits per heavy atom. The first-order valence-electron chi connectivity index (χ1n) is 17.0. The van der Waals surface area contributed by atoms with Crippen molar-refractivity contribution in [1.82, 2.24) is 19.4 Å². The number of halogens is 5. The second-order valence-electron chi connectivity index (χ2n) is 13.5. The molecule has 1 fully saturated rings. The highest BCUT2D eigenvalue weighted by molar-refractivity contribution is 6.30. The van der Waals surface area contributed by atoms with Gasteiger partial charge in [-0.05, 0) is 87.1 Å². The van der Waals surface area contributed by atoms with E-state index in [9.17, 15) is 27.6 Å². The van der Waals surface area contributed by atoms with Crippen LogP contribution in [0.5, 0.6) is 0 Å². The van der Waals surface area contributed by atoms with Gasteiger partial charge in [-0.15, -0.1) is 0 Å². The summed E-state index contributed by atoms with van der Waals surface area (Å²) >= 11 is 6.21. The Labute approximate surface area is 297 Å². The Hall–Kier alpha value is -4.26. The Kier molecular flexibility index (Phi) is 10.9. The third-order valence-electron chi connectivity index (χ3n) is 10.3. The number of alkyl halides is 3. The summed E-state index contributed by atoms with van der Waals surface area (Å²) in [5, 5.41) is 13.0. The van der Waals surface area contributed by atoms with Gasteiger partial charge in [0.25, 0.3) is 5.56 Å². The fourth-order valence-electron chi connectivity index (χ4n) is 7.69. The van der Waals surface area contributed by atoms with Crippen molar-refractivity contribution in [2.75, 3.05) is 19.6 Å². The van der Waals surface area contributed by atoms with Crippen LogP contribution < -0.4 is 16.6 Å². The maximum atomic E-state index is 15.2. The van der Waals surface area contributed by atoms with Crippen LogP contribution in [0.1, 0.15) is 71.7 Å². The van der Waals surface area contributed by atoms with Gasteiger partial charge in [-0.1, -0.05) is 60.1 Å². The van der Waals surface area contributed by atoms with Crippen LogP contribution in [-0.4, -0.2) is 44.7 Å². The first-order valence-corrected chi connectivity index (χ1v) is 17.4. The maximum absolute atomic E-state index is 15.2. The number of benzene rings is 3. The second kappa shape index (κ2) is 15.1. The van der Waals surface area contributed by atoms with Gasteiger partial charge in [-0.25, -0.2) is 9.18 Å². The molecule has 1 atom stereocenters. The Morgan fingerprint density at radius 3 is 2.35 bits per heavy atom. The zero-order chi connectivity index (χ0) is 36.3. The number of carboxylic acid groups (broad SMARTS) is 1. The van der Waals surface area contributed by atoms with Crippen LogP contribution >= 0.6 is 11.6 Å². The van der Waals surface area contributed by atoms with Crippen LogP contribution in [0.2, 0.25) is 5.02 Å². The van der Waals surface area contributed by atoms with Crippen LogP contribution in [0.25, 0.3) is 0 Å². The largest absolute Gasteiger partial charge is 0.481 e. The van der Waals surface area contributed by atoms with Crippen LogP contribution in [0.3, 0.4) is 0 Å². The number of carboxylic acids is 1. The lowest BCUT2D eigenvalue weighted by Crippen LogP contribution is -2.49. The van der Waals surface area contributed by atoms with Gasteiger partial charge < -0.3 is 10.4 Å². The normalized spacial score (nSPS) is 16.3. The molecule has 3 aromatic carbocycles. The first kappa shape index (κ1) is 36.5. The number of hydrogen-bond acceptors (Lipinski definition) is 5. The minimum atomic E-state index is -4.87. The van der Waals surface area contributed by atoms with E-state index >= 15 is 4.39 Å². The molecule has 270 valence electrons. The molecule has 1 spiro atoms. The standard InChI is InChI=1S/C38H39ClF4N4O4/c39-27-10-4-7-25(21-27)22-45-19-16-37(17-20-45)15-14-32-34(37)35(50)47(24-31(26-8-2-1-3-9-26)44-18-6-13-33(48)49)36(51)46(32)23-28-29(38(41,42)43)11-5-12-30(28)40/h1-5,7-12,21,31,44H,6,13-20,22-24H2,(H,48,49). The minimum Gasteiger partial charge on any atom is -0.481 e. The zero-order valence-electron chi connectivity index (χ0n) is 27.9. The van der Waals surface area contributed by atoms with E-state index in [2.05, 4.69) is 10.2 Å². The number of aliphatic carboxylic acids is 1. The highest BCUT2D eigenvalue weighted by Gasteiger charge is 2.46. The van der Waals surface area contributed by atoms with Gasteiger partial charge in [0.05, 0.1) is 24.7 Å². The lowest BCUT2D eigenvalue weighted by atomic mass is 9.74. The third kappa shape index (κ3) is 7.98. The van der Waals surface area contributed by atoms with E-state index in [0.29, 0.717) is 68.0 Å². The molecule has 51 heavy (non-hydrogen) atoms. The SMILES string of the molecule is O=C(O)CCCNC(Cn1c(=O)c2c(n(Cc3c(F)cccc3C(F)(F)F)c1=O)CCC21CCN(Cc2cccc(Cl)c2)CC1)c1ccccc1. The van der Waals surface area contributed by atoms with Crippen molar-refractivity contribution in [3.63, 3.8) is 0 Å². The molecule has 1 unspecified atom stereocenters. The Balaban J connectivity index is 1.42. The monoisotopic (exact) mass is 726 g/mol. The van der Waals surface area contributed by atoms with Gasteiger partial charge in [0.15, 0.2) is 0 Å². The van der Waals surface area contributed by atoms with Crippen molar-refractivity contribution < 1.29 is 27.5 Å². The second-order valence-corrected chi connectivity index (χ2v) is 13.9. The average Bonchev–Trinajstić information content (AvgIpc) is 3.46. The number of hydrogen-bond donors (Lipinski definition) is 2. The topological polar surface area (TPSA) is 96.6 Å². The van der Waals surface area contributed by atoms with Crippen molar-refractivity contribution in [3.05, 3.63) is 138 Å². The van der Waals surface area contributed by atoms with E-state index < -0.39 is 58.3 Å². The summed E-state index contributed by atoms with van der Waals surface area (Å²) in [4.78, 5) is 42.4. The molecular formula is C38H39ClF4N4O4. The van der Waals surface area contributed by atoms with E-state index in [0.717, 1.165) is 33.9 Å². The van der Waals surface area contributed by atoms with Gasteiger partial charge >= 0.3 is 17.8 Å². The molecule has 2 heterocycles. The Bertz CT molecular complexity index is 2010. The van der Waals surface area contributed by atoms with E-state index in [4.69, 9.17) is 16.7 Å². The molecule has 1 aliphatic heterocycles. The Morgan fingerprint density at radius 2 is 1.67 bits per heavy atom. The van der Waals surface area contributed by atoms with Crippen LogP contribution in [-0.2, 0) is 42.4 Å². The van der Waals surface area contributed by atoms with E-state index in [1.54, 1.807) is 12.1 Å². The highest BCUT2D eigenvalue weighted by Crippen LogP contribution is 2.45. The lowest BCUT2D eigenvalue weighted by Gasteiger charge is -2.40. The van der Waals surface area contributed by atoms with Gasteiger partial charge in [0, 0.05) is 40.2 Å². The molecule has 13 heteroatoms. The maximum Gasteiger partial charge on any atom is 0.416 e. The summed E-state index contributed by atoms with van der Waals surface area (Å²) in [5.74, 6) is -2.05. The lowest BCUT2D eigenvalue weighted by molar-refractivity contribution is -0.138. The predicted octanol–water partition coefficient (Wildman–Crippen LogP) is 6.55. The fourth-order valence-corrected chi connectivity index (χ4v) is 7.90. The van der Waals surface area contributed by atoms with Crippen molar-refractivity contribution in [1.29, 1.82) is 0 Å². The first-order chi connectivity index (χ1) is 24.4. The summed E-state index contributed by atoms with van der Waals surface area (Å²) in [6.45, 7) is 1.37. The van der Waals surface area contributed by atoms with E-state index in [1.807, 2.05) is 42.5 Å². The summed E-state index contributed by atoms with van der Waals surface area (Å²) in [7, 11) is 0. The molecule has 0 radical (unpaired) electrons. The molecule has 2 aliphatic rings. The molecular weight excluding hydrogens is 688 g/mol. The van der Waals surface area contributed by atoms with Crippen molar-refractivity contribution in [3.8, 4) is 0 Å². The summed E-state index contributed by atoms with van der Waals surface area (Å²) in [6, 6.07) is 18.8. The fraction of sp³-hybridized carbons (Fsp3) is 0.395. The molecule has 0 saturated carbocycles.